The van der Waals surface area contributed by atoms with Crippen LogP contribution in [0.1, 0.15) is 28.8 Å². The van der Waals surface area contributed by atoms with Crippen molar-refractivity contribution in [1.29, 1.82) is 0 Å². The van der Waals surface area contributed by atoms with Crippen molar-refractivity contribution in [3.05, 3.63) is 59.4 Å². The number of thiazole rings is 1. The van der Waals surface area contributed by atoms with Crippen LogP contribution < -0.4 is 5.32 Å². The minimum absolute atomic E-state index is 0.179. The molecule has 0 aliphatic carbocycles. The van der Waals surface area contributed by atoms with E-state index >= 15 is 0 Å². The summed E-state index contributed by atoms with van der Waals surface area (Å²) in [5, 5.41) is 2.34. The highest BCUT2D eigenvalue weighted by atomic mass is 32.1. The van der Waals surface area contributed by atoms with Gasteiger partial charge in [0.2, 0.25) is 11.8 Å². The van der Waals surface area contributed by atoms with Crippen LogP contribution in [0, 0.1) is 0 Å². The smallest absolute Gasteiger partial charge is 0.255 e. The second kappa shape index (κ2) is 7.35. The maximum absolute atomic E-state index is 13.0. The van der Waals surface area contributed by atoms with E-state index in [1.165, 1.54) is 0 Å². The van der Waals surface area contributed by atoms with Crippen LogP contribution in [0.15, 0.2) is 48.2 Å². The van der Waals surface area contributed by atoms with E-state index in [9.17, 15) is 14.4 Å². The summed E-state index contributed by atoms with van der Waals surface area (Å²) in [6.07, 6.45) is 2.37. The van der Waals surface area contributed by atoms with E-state index in [1.807, 2.05) is 29.3 Å². The molecular weight excluding hydrogens is 438 g/mol. The molecule has 2 aromatic heterocycles. The summed E-state index contributed by atoms with van der Waals surface area (Å²) >= 11 is 1.61. The number of imidazole rings is 1. The molecule has 2 aliphatic rings. The number of nitrogens with one attached hydrogen (secondary N) is 1. The summed E-state index contributed by atoms with van der Waals surface area (Å²) in [5.41, 5.74) is 7.94. The van der Waals surface area contributed by atoms with Crippen LogP contribution in [0.25, 0.3) is 32.7 Å². The number of amides is 3. The quantitative estimate of drug-likeness (QED) is 0.477. The maximum atomic E-state index is 13.0. The summed E-state index contributed by atoms with van der Waals surface area (Å²) in [6.45, 7) is 0.335. The molecule has 0 spiro atoms. The van der Waals surface area contributed by atoms with Crippen molar-refractivity contribution in [1.82, 2.24) is 24.8 Å². The zero-order valence-corrected chi connectivity index (χ0v) is 18.6. The molecule has 1 fully saturated rings. The molecule has 33 heavy (non-hydrogen) atoms. The molecule has 4 heterocycles. The van der Waals surface area contributed by atoms with Gasteiger partial charge in [0, 0.05) is 36.7 Å². The van der Waals surface area contributed by atoms with Crippen molar-refractivity contribution in [2.45, 2.75) is 25.4 Å². The Kier molecular flexibility index (Phi) is 4.41. The van der Waals surface area contributed by atoms with Crippen molar-refractivity contribution >= 4 is 39.3 Å². The Hall–Kier alpha value is -3.85. The number of piperidine rings is 1. The fourth-order valence-electron chi connectivity index (χ4n) is 4.71. The van der Waals surface area contributed by atoms with Gasteiger partial charge in [-0.15, -0.1) is 11.3 Å². The first kappa shape index (κ1) is 19.8. The molecule has 2 aromatic carbocycles. The lowest BCUT2D eigenvalue weighted by atomic mass is 10.0. The van der Waals surface area contributed by atoms with Crippen LogP contribution >= 0.6 is 11.3 Å². The molecule has 1 saturated heterocycles. The topological polar surface area (TPSA) is 97.2 Å². The Morgan fingerprint density at radius 3 is 2.76 bits per heavy atom. The minimum atomic E-state index is -0.624. The third-order valence-corrected chi connectivity index (χ3v) is 7.15. The largest absolute Gasteiger partial charge is 0.333 e. The van der Waals surface area contributed by atoms with Gasteiger partial charge in [0.05, 0.1) is 33.4 Å². The molecular formula is C24H19N5O3S. The molecule has 0 radical (unpaired) electrons. The molecule has 0 unspecified atom stereocenters. The van der Waals surface area contributed by atoms with Gasteiger partial charge in [0.25, 0.3) is 5.91 Å². The highest BCUT2D eigenvalue weighted by molar-refractivity contribution is 7.16. The fourth-order valence-corrected chi connectivity index (χ4v) is 5.37. The van der Waals surface area contributed by atoms with Gasteiger partial charge < -0.3 is 9.47 Å². The Labute approximate surface area is 192 Å². The van der Waals surface area contributed by atoms with E-state index in [-0.39, 0.29) is 18.2 Å². The zero-order valence-electron chi connectivity index (χ0n) is 17.7. The second-order valence-electron chi connectivity index (χ2n) is 8.36. The van der Waals surface area contributed by atoms with Crippen molar-refractivity contribution in [3.63, 3.8) is 0 Å². The predicted octanol–water partition coefficient (Wildman–Crippen LogP) is 3.12. The predicted molar refractivity (Wildman–Crippen MR) is 123 cm³/mol. The average molecular weight is 458 g/mol. The highest BCUT2D eigenvalue weighted by Crippen LogP contribution is 2.36. The lowest BCUT2D eigenvalue weighted by Crippen LogP contribution is -2.52. The monoisotopic (exact) mass is 457 g/mol. The number of carbonyl (C=O) groups is 3. The van der Waals surface area contributed by atoms with Crippen molar-refractivity contribution < 1.29 is 14.4 Å². The fraction of sp³-hybridized carbons (Fsp3) is 0.208. The summed E-state index contributed by atoms with van der Waals surface area (Å²) in [6, 6.07) is 11.3. The number of aromatic nitrogens is 3. The molecule has 164 valence electrons. The van der Waals surface area contributed by atoms with E-state index in [1.54, 1.807) is 28.6 Å². The minimum Gasteiger partial charge on any atom is -0.333 e. The molecule has 0 saturated carbocycles. The van der Waals surface area contributed by atoms with Crippen LogP contribution in [-0.2, 0) is 23.2 Å². The third kappa shape index (κ3) is 3.15. The summed E-state index contributed by atoms with van der Waals surface area (Å²) in [7, 11) is 1.96. The van der Waals surface area contributed by atoms with Crippen molar-refractivity contribution in [2.75, 3.05) is 0 Å². The number of carbonyl (C=O) groups excluding carboxylic acids is 3. The van der Waals surface area contributed by atoms with Gasteiger partial charge in [0.15, 0.2) is 0 Å². The summed E-state index contributed by atoms with van der Waals surface area (Å²) in [5.74, 6) is -0.875. The second-order valence-corrected chi connectivity index (χ2v) is 9.25. The summed E-state index contributed by atoms with van der Waals surface area (Å²) < 4.78 is 3.11. The number of hydrogen-bond acceptors (Lipinski definition) is 6. The molecule has 6 rings (SSSR count). The standard InChI is InChI=1S/C24H19N5O3S/c1-28-11-25-21(22(28)14-3-6-19-17(9-14)26-12-33-19)13-2-4-16-15(8-13)10-29(24(16)32)18-5-7-20(30)27-23(18)31/h2-4,6,8-9,11-12,18H,5,7,10H2,1H3,(H,27,30,31)/t18-/m0/s1. The van der Waals surface area contributed by atoms with Crippen molar-refractivity contribution in [3.8, 4) is 22.5 Å². The number of benzene rings is 2. The number of imide groups is 1. The highest BCUT2D eigenvalue weighted by Gasteiger charge is 2.39. The van der Waals surface area contributed by atoms with E-state index < -0.39 is 11.9 Å². The molecule has 0 bridgehead atoms. The van der Waals surface area contributed by atoms with E-state index in [0.29, 0.717) is 18.5 Å². The van der Waals surface area contributed by atoms with E-state index in [2.05, 4.69) is 33.5 Å². The van der Waals surface area contributed by atoms with Crippen LogP contribution in [0.2, 0.25) is 0 Å². The molecule has 8 nitrogen and oxygen atoms in total. The number of nitrogens with zero attached hydrogens (tertiary/aromatic N) is 4. The normalized spacial score (nSPS) is 18.2. The van der Waals surface area contributed by atoms with Gasteiger partial charge in [0.1, 0.15) is 6.04 Å². The Morgan fingerprint density at radius 2 is 1.91 bits per heavy atom. The summed E-state index contributed by atoms with van der Waals surface area (Å²) in [4.78, 5) is 47.4. The van der Waals surface area contributed by atoms with E-state index in [4.69, 9.17) is 0 Å². The van der Waals surface area contributed by atoms with E-state index in [0.717, 1.165) is 38.3 Å². The average Bonchev–Trinajstić information content (AvgIpc) is 3.50. The zero-order chi connectivity index (χ0) is 22.7. The van der Waals surface area contributed by atoms with Gasteiger partial charge in [-0.25, -0.2) is 9.97 Å². The first-order valence-corrected chi connectivity index (χ1v) is 11.5. The Bertz CT molecular complexity index is 1470. The molecule has 1 N–H and O–H groups in total. The van der Waals surface area contributed by atoms with Gasteiger partial charge in [-0.2, -0.15) is 0 Å². The lowest BCUT2D eigenvalue weighted by molar-refractivity contribution is -0.136. The number of hydrogen-bond donors (Lipinski definition) is 1. The maximum Gasteiger partial charge on any atom is 0.255 e. The van der Waals surface area contributed by atoms with Gasteiger partial charge in [-0.05, 0) is 36.2 Å². The van der Waals surface area contributed by atoms with Crippen LogP contribution in [-0.4, -0.2) is 43.2 Å². The Balaban J connectivity index is 1.36. The molecule has 2 aliphatic heterocycles. The molecule has 9 heteroatoms. The lowest BCUT2D eigenvalue weighted by Gasteiger charge is -2.29. The molecule has 1 atom stereocenters. The Morgan fingerprint density at radius 1 is 1.06 bits per heavy atom. The number of fused-ring (bicyclic) bond motifs is 2. The SMILES string of the molecule is Cn1cnc(-c2ccc3c(c2)CN([C@H]2CCC(=O)NC2=O)C3=O)c1-c1ccc2scnc2c1. The number of aryl methyl sites for hydroxylation is 1. The van der Waals surface area contributed by atoms with Crippen LogP contribution in [0.5, 0.6) is 0 Å². The van der Waals surface area contributed by atoms with Gasteiger partial charge in [-0.1, -0.05) is 12.1 Å². The van der Waals surface area contributed by atoms with Gasteiger partial charge >= 0.3 is 0 Å². The first-order valence-electron chi connectivity index (χ1n) is 10.6. The third-order valence-electron chi connectivity index (χ3n) is 6.34. The first-order chi connectivity index (χ1) is 16.0. The van der Waals surface area contributed by atoms with Gasteiger partial charge in [-0.3, -0.25) is 19.7 Å². The van der Waals surface area contributed by atoms with Crippen molar-refractivity contribution in [2.24, 2.45) is 7.05 Å². The van der Waals surface area contributed by atoms with Crippen LogP contribution in [0.3, 0.4) is 0 Å². The molecule has 4 aromatic rings. The molecule has 3 amide bonds. The van der Waals surface area contributed by atoms with Crippen LogP contribution in [0.4, 0.5) is 0 Å². The number of rotatable bonds is 3.